The third-order valence-electron chi connectivity index (χ3n) is 3.36. The van der Waals surface area contributed by atoms with Gasteiger partial charge in [0.05, 0.1) is 12.6 Å². The van der Waals surface area contributed by atoms with Gasteiger partial charge in [0.15, 0.2) is 0 Å². The summed E-state index contributed by atoms with van der Waals surface area (Å²) in [4.78, 5) is 11.6. The number of rotatable bonds is 6. The molecule has 0 aliphatic heterocycles. The standard InChI is InChI=1S/C17H21NO2/c1-2-5-17(20)18-16(12-19)11-13-8-9-14-6-3-4-7-15(14)10-13/h3-4,6-10,16,19H,2,5,11-12H2,1H3,(H,18,20). The van der Waals surface area contributed by atoms with Crippen molar-refractivity contribution in [1.82, 2.24) is 5.32 Å². The summed E-state index contributed by atoms with van der Waals surface area (Å²) in [5, 5.41) is 14.7. The summed E-state index contributed by atoms with van der Waals surface area (Å²) in [6.45, 7) is 1.93. The van der Waals surface area contributed by atoms with Crippen LogP contribution >= 0.6 is 0 Å². The SMILES string of the molecule is CCCC(=O)NC(CO)Cc1ccc2ccccc2c1. The van der Waals surface area contributed by atoms with Crippen molar-refractivity contribution in [2.45, 2.75) is 32.2 Å². The fraction of sp³-hybridized carbons (Fsp3) is 0.353. The first-order valence-corrected chi connectivity index (χ1v) is 7.11. The zero-order chi connectivity index (χ0) is 14.4. The van der Waals surface area contributed by atoms with E-state index in [0.29, 0.717) is 12.8 Å². The number of amides is 1. The van der Waals surface area contributed by atoms with E-state index in [-0.39, 0.29) is 18.6 Å². The van der Waals surface area contributed by atoms with E-state index in [9.17, 15) is 9.90 Å². The third-order valence-corrected chi connectivity index (χ3v) is 3.36. The Morgan fingerprint density at radius 2 is 1.95 bits per heavy atom. The number of hydrogen-bond donors (Lipinski definition) is 2. The first kappa shape index (κ1) is 14.5. The molecule has 0 aromatic heterocycles. The van der Waals surface area contributed by atoms with Crippen molar-refractivity contribution < 1.29 is 9.90 Å². The van der Waals surface area contributed by atoms with Gasteiger partial charge in [-0.3, -0.25) is 4.79 Å². The molecule has 0 saturated heterocycles. The number of carbonyl (C=O) groups is 1. The van der Waals surface area contributed by atoms with Crippen LogP contribution in [-0.4, -0.2) is 23.7 Å². The van der Waals surface area contributed by atoms with Gasteiger partial charge >= 0.3 is 0 Å². The van der Waals surface area contributed by atoms with Gasteiger partial charge in [-0.1, -0.05) is 49.4 Å². The van der Waals surface area contributed by atoms with Crippen LogP contribution in [0, 0.1) is 0 Å². The summed E-state index contributed by atoms with van der Waals surface area (Å²) >= 11 is 0. The van der Waals surface area contributed by atoms with Gasteiger partial charge in [0.1, 0.15) is 0 Å². The van der Waals surface area contributed by atoms with Gasteiger partial charge in [0.2, 0.25) is 5.91 Å². The van der Waals surface area contributed by atoms with Gasteiger partial charge in [-0.2, -0.15) is 0 Å². The lowest BCUT2D eigenvalue weighted by Crippen LogP contribution is -2.38. The lowest BCUT2D eigenvalue weighted by atomic mass is 10.0. The lowest BCUT2D eigenvalue weighted by Gasteiger charge is -2.16. The quantitative estimate of drug-likeness (QED) is 0.848. The molecule has 2 rings (SSSR count). The van der Waals surface area contributed by atoms with Gasteiger partial charge in [-0.25, -0.2) is 0 Å². The Kier molecular flexibility index (Phi) is 5.13. The van der Waals surface area contributed by atoms with Crippen molar-refractivity contribution >= 4 is 16.7 Å². The maximum atomic E-state index is 11.6. The van der Waals surface area contributed by atoms with E-state index in [1.54, 1.807) is 0 Å². The van der Waals surface area contributed by atoms with Crippen LogP contribution in [-0.2, 0) is 11.2 Å². The van der Waals surface area contributed by atoms with Gasteiger partial charge in [-0.15, -0.1) is 0 Å². The molecule has 20 heavy (non-hydrogen) atoms. The third kappa shape index (κ3) is 3.81. The van der Waals surface area contributed by atoms with E-state index >= 15 is 0 Å². The normalized spacial score (nSPS) is 12.3. The minimum Gasteiger partial charge on any atom is -0.394 e. The minimum atomic E-state index is -0.213. The van der Waals surface area contributed by atoms with Crippen molar-refractivity contribution in [3.63, 3.8) is 0 Å². The largest absolute Gasteiger partial charge is 0.394 e. The van der Waals surface area contributed by atoms with E-state index in [1.807, 2.05) is 19.1 Å². The van der Waals surface area contributed by atoms with E-state index in [1.165, 1.54) is 10.8 Å². The average molecular weight is 271 g/mol. The van der Waals surface area contributed by atoms with E-state index in [2.05, 4.69) is 35.6 Å². The monoisotopic (exact) mass is 271 g/mol. The number of aliphatic hydroxyl groups is 1. The van der Waals surface area contributed by atoms with Crippen LogP contribution in [0.5, 0.6) is 0 Å². The molecule has 0 radical (unpaired) electrons. The Labute approximate surface area is 119 Å². The zero-order valence-corrected chi connectivity index (χ0v) is 11.8. The summed E-state index contributed by atoms with van der Waals surface area (Å²) < 4.78 is 0. The molecule has 2 aromatic carbocycles. The molecule has 106 valence electrons. The molecule has 0 aliphatic rings. The highest BCUT2D eigenvalue weighted by Crippen LogP contribution is 2.16. The molecule has 0 bridgehead atoms. The fourth-order valence-electron chi connectivity index (χ4n) is 2.34. The number of nitrogens with one attached hydrogen (secondary N) is 1. The smallest absolute Gasteiger partial charge is 0.220 e. The Hall–Kier alpha value is -1.87. The summed E-state index contributed by atoms with van der Waals surface area (Å²) in [5.41, 5.74) is 1.12. The van der Waals surface area contributed by atoms with Crippen molar-refractivity contribution in [3.8, 4) is 0 Å². The van der Waals surface area contributed by atoms with Gasteiger partial charge in [-0.05, 0) is 29.2 Å². The second-order valence-corrected chi connectivity index (χ2v) is 5.08. The van der Waals surface area contributed by atoms with Gasteiger partial charge in [0, 0.05) is 6.42 Å². The molecule has 0 fully saturated rings. The Morgan fingerprint density at radius 3 is 2.65 bits per heavy atom. The Bertz CT molecular complexity index is 580. The zero-order valence-electron chi connectivity index (χ0n) is 11.8. The summed E-state index contributed by atoms with van der Waals surface area (Å²) in [5.74, 6) is 0.00680. The van der Waals surface area contributed by atoms with E-state index in [0.717, 1.165) is 12.0 Å². The van der Waals surface area contributed by atoms with Crippen molar-refractivity contribution in [2.24, 2.45) is 0 Å². The number of hydrogen-bond acceptors (Lipinski definition) is 2. The molecule has 0 saturated carbocycles. The molecule has 0 heterocycles. The Balaban J connectivity index is 2.07. The number of aliphatic hydroxyl groups excluding tert-OH is 1. The Morgan fingerprint density at radius 1 is 1.20 bits per heavy atom. The predicted octanol–water partition coefficient (Wildman–Crippen LogP) is 2.66. The second kappa shape index (κ2) is 7.06. The maximum Gasteiger partial charge on any atom is 0.220 e. The molecule has 3 heteroatoms. The van der Waals surface area contributed by atoms with Crippen molar-refractivity contribution in [2.75, 3.05) is 6.61 Å². The molecule has 1 amide bonds. The highest BCUT2D eigenvalue weighted by Gasteiger charge is 2.11. The molecule has 1 atom stereocenters. The molecule has 0 aliphatic carbocycles. The lowest BCUT2D eigenvalue weighted by molar-refractivity contribution is -0.122. The van der Waals surface area contributed by atoms with Crippen LogP contribution in [0.2, 0.25) is 0 Å². The van der Waals surface area contributed by atoms with E-state index in [4.69, 9.17) is 0 Å². The minimum absolute atomic E-state index is 0.00680. The summed E-state index contributed by atoms with van der Waals surface area (Å²) in [6.07, 6.45) is 1.98. The van der Waals surface area contributed by atoms with Crippen LogP contribution in [0.1, 0.15) is 25.3 Å². The highest BCUT2D eigenvalue weighted by molar-refractivity contribution is 5.83. The molecule has 3 nitrogen and oxygen atoms in total. The first-order chi connectivity index (χ1) is 9.72. The number of fused-ring (bicyclic) bond motifs is 1. The highest BCUT2D eigenvalue weighted by atomic mass is 16.3. The fourth-order valence-corrected chi connectivity index (χ4v) is 2.34. The molecule has 2 aromatic rings. The van der Waals surface area contributed by atoms with E-state index < -0.39 is 0 Å². The van der Waals surface area contributed by atoms with Crippen LogP contribution in [0.25, 0.3) is 10.8 Å². The summed E-state index contributed by atoms with van der Waals surface area (Å²) in [7, 11) is 0. The van der Waals surface area contributed by atoms with Crippen molar-refractivity contribution in [3.05, 3.63) is 48.0 Å². The van der Waals surface area contributed by atoms with Crippen molar-refractivity contribution in [1.29, 1.82) is 0 Å². The first-order valence-electron chi connectivity index (χ1n) is 7.11. The van der Waals surface area contributed by atoms with Crippen LogP contribution in [0.4, 0.5) is 0 Å². The summed E-state index contributed by atoms with van der Waals surface area (Å²) in [6, 6.07) is 14.2. The van der Waals surface area contributed by atoms with Crippen LogP contribution in [0.3, 0.4) is 0 Å². The van der Waals surface area contributed by atoms with Crippen LogP contribution < -0.4 is 5.32 Å². The maximum absolute atomic E-state index is 11.6. The molecule has 1 unspecified atom stereocenters. The predicted molar refractivity (Wildman–Crippen MR) is 81.6 cm³/mol. The number of carbonyl (C=O) groups excluding carboxylic acids is 1. The second-order valence-electron chi connectivity index (χ2n) is 5.08. The number of benzene rings is 2. The molecule has 0 spiro atoms. The van der Waals surface area contributed by atoms with Crippen LogP contribution in [0.15, 0.2) is 42.5 Å². The van der Waals surface area contributed by atoms with Gasteiger partial charge < -0.3 is 10.4 Å². The molecule has 2 N–H and O–H groups in total. The topological polar surface area (TPSA) is 49.3 Å². The molecular weight excluding hydrogens is 250 g/mol. The molecular formula is C17H21NO2. The van der Waals surface area contributed by atoms with Gasteiger partial charge in [0.25, 0.3) is 0 Å². The average Bonchev–Trinajstić information content (AvgIpc) is 2.46.